The molecule has 5 heteroatoms. The second-order valence-corrected chi connectivity index (χ2v) is 5.51. The van der Waals surface area contributed by atoms with Gasteiger partial charge in [-0.05, 0) is 49.2 Å². The first-order chi connectivity index (χ1) is 12.0. The summed E-state index contributed by atoms with van der Waals surface area (Å²) in [5, 5.41) is 17.7. The molecule has 0 radical (unpaired) electrons. The normalized spacial score (nSPS) is 10.8. The minimum absolute atomic E-state index is 0.324. The Morgan fingerprint density at radius 2 is 1.92 bits per heavy atom. The van der Waals surface area contributed by atoms with Gasteiger partial charge in [0.25, 0.3) is 0 Å². The van der Waals surface area contributed by atoms with E-state index in [0.29, 0.717) is 24.5 Å². The van der Waals surface area contributed by atoms with E-state index in [0.717, 1.165) is 11.3 Å². The fourth-order valence-electron chi connectivity index (χ4n) is 2.28. The first-order valence-electron chi connectivity index (χ1n) is 7.77. The van der Waals surface area contributed by atoms with Gasteiger partial charge in [-0.1, -0.05) is 29.8 Å². The van der Waals surface area contributed by atoms with Crippen molar-refractivity contribution in [2.45, 2.75) is 13.8 Å². The van der Waals surface area contributed by atoms with Gasteiger partial charge in [0, 0.05) is 0 Å². The smallest absolute Gasteiger partial charge is 0.346 e. The average molecular weight is 337 g/mol. The molecule has 0 atom stereocenters. The number of carboxylic acid groups (broad SMARTS) is 1. The fourth-order valence-corrected chi connectivity index (χ4v) is 2.28. The van der Waals surface area contributed by atoms with Crippen LogP contribution in [0.15, 0.2) is 48.0 Å². The number of carbonyl (C=O) groups is 1. The van der Waals surface area contributed by atoms with Gasteiger partial charge in [-0.15, -0.1) is 0 Å². The van der Waals surface area contributed by atoms with E-state index < -0.39 is 5.97 Å². The van der Waals surface area contributed by atoms with Gasteiger partial charge in [0.15, 0.2) is 0 Å². The number of carboxylic acids is 1. The number of nitrogens with zero attached hydrogens (tertiary/aromatic N) is 1. The topological polar surface area (TPSA) is 79.5 Å². The molecule has 0 unspecified atom stereocenters. The van der Waals surface area contributed by atoms with Crippen molar-refractivity contribution in [3.8, 4) is 17.6 Å². The van der Waals surface area contributed by atoms with Crippen LogP contribution in [0.4, 0.5) is 0 Å². The Kier molecular flexibility index (Phi) is 6.19. The van der Waals surface area contributed by atoms with Crippen LogP contribution in [0.25, 0.3) is 6.08 Å². The third kappa shape index (κ3) is 5.40. The minimum atomic E-state index is -1.25. The Morgan fingerprint density at radius 1 is 1.16 bits per heavy atom. The molecule has 5 nitrogen and oxygen atoms in total. The lowest BCUT2D eigenvalue weighted by Crippen LogP contribution is -2.09. The Hall–Kier alpha value is -3.26. The van der Waals surface area contributed by atoms with E-state index in [4.69, 9.17) is 19.8 Å². The highest BCUT2D eigenvalue weighted by molar-refractivity contribution is 5.96. The van der Waals surface area contributed by atoms with Crippen LogP contribution in [-0.4, -0.2) is 24.3 Å². The van der Waals surface area contributed by atoms with Gasteiger partial charge in [-0.25, -0.2) is 4.79 Å². The molecule has 2 rings (SSSR count). The van der Waals surface area contributed by atoms with E-state index in [2.05, 4.69) is 6.07 Å². The molecule has 2 aromatic carbocycles. The summed E-state index contributed by atoms with van der Waals surface area (Å²) in [5.74, 6) is 0.155. The molecule has 0 saturated carbocycles. The Labute approximate surface area is 146 Å². The second-order valence-electron chi connectivity index (χ2n) is 5.51. The average Bonchev–Trinajstić information content (AvgIpc) is 2.58. The molecule has 0 aliphatic rings. The Morgan fingerprint density at radius 3 is 2.60 bits per heavy atom. The number of nitriles is 1. The van der Waals surface area contributed by atoms with E-state index in [1.54, 1.807) is 30.3 Å². The lowest BCUT2D eigenvalue weighted by molar-refractivity contribution is -0.132. The van der Waals surface area contributed by atoms with Crippen molar-refractivity contribution < 1.29 is 19.4 Å². The number of ether oxygens (including phenoxy) is 2. The molecule has 0 heterocycles. The van der Waals surface area contributed by atoms with Gasteiger partial charge in [-0.3, -0.25) is 0 Å². The van der Waals surface area contributed by atoms with Gasteiger partial charge < -0.3 is 14.6 Å². The first kappa shape index (κ1) is 18.1. The molecule has 1 N–H and O–H groups in total. The van der Waals surface area contributed by atoms with Gasteiger partial charge in [-0.2, -0.15) is 5.26 Å². The van der Waals surface area contributed by atoms with Gasteiger partial charge in [0.2, 0.25) is 0 Å². The number of hydrogen-bond donors (Lipinski definition) is 1. The quantitative estimate of drug-likeness (QED) is 0.473. The molecular weight excluding hydrogens is 318 g/mol. The van der Waals surface area contributed by atoms with Crippen molar-refractivity contribution in [1.29, 1.82) is 5.26 Å². The van der Waals surface area contributed by atoms with Gasteiger partial charge in [0.05, 0.1) is 0 Å². The third-order valence-corrected chi connectivity index (χ3v) is 3.46. The molecule has 25 heavy (non-hydrogen) atoms. The highest BCUT2D eigenvalue weighted by atomic mass is 16.5. The Balaban J connectivity index is 1.92. The van der Waals surface area contributed by atoms with Crippen LogP contribution < -0.4 is 9.47 Å². The number of aliphatic carboxylic acids is 1. The summed E-state index contributed by atoms with van der Waals surface area (Å²) in [5.41, 5.74) is 2.52. The van der Waals surface area contributed by atoms with Crippen LogP contribution in [0.2, 0.25) is 0 Å². The summed E-state index contributed by atoms with van der Waals surface area (Å²) in [6.45, 7) is 4.77. The molecule has 0 aliphatic heterocycles. The summed E-state index contributed by atoms with van der Waals surface area (Å²) in [7, 11) is 0. The van der Waals surface area contributed by atoms with E-state index >= 15 is 0 Å². The molecule has 0 amide bonds. The van der Waals surface area contributed by atoms with Gasteiger partial charge >= 0.3 is 5.97 Å². The summed E-state index contributed by atoms with van der Waals surface area (Å²) in [6, 6.07) is 14.5. The molecule has 2 aromatic rings. The lowest BCUT2D eigenvalue weighted by atomic mass is 10.1. The molecule has 0 saturated heterocycles. The molecule has 0 aliphatic carbocycles. The van der Waals surface area contributed by atoms with Crippen molar-refractivity contribution in [2.75, 3.05) is 13.2 Å². The maximum Gasteiger partial charge on any atom is 0.346 e. The second kappa shape index (κ2) is 8.55. The summed E-state index contributed by atoms with van der Waals surface area (Å²) >= 11 is 0. The van der Waals surface area contributed by atoms with Crippen molar-refractivity contribution in [3.63, 3.8) is 0 Å². The maximum absolute atomic E-state index is 10.9. The number of rotatable bonds is 7. The van der Waals surface area contributed by atoms with Crippen LogP contribution >= 0.6 is 0 Å². The molecule has 128 valence electrons. The zero-order valence-corrected chi connectivity index (χ0v) is 14.2. The molecule has 0 aromatic heterocycles. The van der Waals surface area contributed by atoms with Crippen molar-refractivity contribution in [3.05, 3.63) is 64.7 Å². The zero-order chi connectivity index (χ0) is 18.2. The molecular formula is C20H19NO4. The predicted octanol–water partition coefficient (Wildman–Crippen LogP) is 3.75. The number of hydrogen-bond acceptors (Lipinski definition) is 4. The van der Waals surface area contributed by atoms with Crippen LogP contribution in [-0.2, 0) is 4.79 Å². The van der Waals surface area contributed by atoms with Gasteiger partial charge in [0.1, 0.15) is 36.4 Å². The number of aryl methyl sites for hydroxylation is 2. The van der Waals surface area contributed by atoms with E-state index in [1.807, 2.05) is 26.0 Å². The number of benzene rings is 2. The van der Waals surface area contributed by atoms with Crippen molar-refractivity contribution >= 4 is 12.0 Å². The van der Waals surface area contributed by atoms with Crippen LogP contribution in [0.5, 0.6) is 11.5 Å². The first-order valence-corrected chi connectivity index (χ1v) is 7.77. The van der Waals surface area contributed by atoms with Crippen LogP contribution in [0.1, 0.15) is 16.7 Å². The van der Waals surface area contributed by atoms with E-state index in [1.165, 1.54) is 11.6 Å². The lowest BCUT2D eigenvalue weighted by Gasteiger charge is -2.11. The standard InChI is InChI=1S/C20H19NO4/c1-14-6-7-19(15(2)10-14)25-9-8-24-18-5-3-4-16(12-18)11-17(13-21)20(22)23/h3-7,10-12H,8-9H2,1-2H3,(H,22,23). The van der Waals surface area contributed by atoms with Crippen LogP contribution in [0, 0.1) is 25.2 Å². The third-order valence-electron chi connectivity index (χ3n) is 3.46. The van der Waals surface area contributed by atoms with Crippen molar-refractivity contribution in [1.82, 2.24) is 0 Å². The monoisotopic (exact) mass is 337 g/mol. The van der Waals surface area contributed by atoms with E-state index in [-0.39, 0.29) is 5.57 Å². The minimum Gasteiger partial charge on any atom is -0.490 e. The fraction of sp³-hybridized carbons (Fsp3) is 0.200. The predicted molar refractivity (Wildman–Crippen MR) is 94.6 cm³/mol. The zero-order valence-electron chi connectivity index (χ0n) is 14.2. The molecule has 0 fully saturated rings. The summed E-state index contributed by atoms with van der Waals surface area (Å²) < 4.78 is 11.3. The SMILES string of the molecule is Cc1ccc(OCCOc2cccc(C=C(C#N)C(=O)O)c2)c(C)c1. The highest BCUT2D eigenvalue weighted by Gasteiger charge is 2.06. The molecule has 0 bridgehead atoms. The van der Waals surface area contributed by atoms with Crippen molar-refractivity contribution in [2.24, 2.45) is 0 Å². The largest absolute Gasteiger partial charge is 0.490 e. The molecule has 0 spiro atoms. The maximum atomic E-state index is 10.9. The Bertz CT molecular complexity index is 834. The highest BCUT2D eigenvalue weighted by Crippen LogP contribution is 2.19. The summed E-state index contributed by atoms with van der Waals surface area (Å²) in [6.07, 6.45) is 1.31. The van der Waals surface area contributed by atoms with E-state index in [9.17, 15) is 4.79 Å². The van der Waals surface area contributed by atoms with Crippen LogP contribution in [0.3, 0.4) is 0 Å². The summed E-state index contributed by atoms with van der Waals surface area (Å²) in [4.78, 5) is 10.9.